The number of hydrogen-bond acceptors (Lipinski definition) is 4. The fraction of sp³-hybridized carbons (Fsp3) is 0.0833. The molecule has 0 amide bonds. The highest BCUT2D eigenvalue weighted by molar-refractivity contribution is 9.10. The Hall–Kier alpha value is -1.66. The third-order valence-corrected chi connectivity index (χ3v) is 3.30. The maximum atomic E-state index is 5.90. The first-order chi connectivity index (χ1) is 9.24. The molecule has 3 aromatic rings. The van der Waals surface area contributed by atoms with Gasteiger partial charge in [-0.15, -0.1) is 5.10 Å². The Bertz CT molecular complexity index is 713. The van der Waals surface area contributed by atoms with Gasteiger partial charge in [0.05, 0.1) is 6.20 Å². The highest BCUT2D eigenvalue weighted by Crippen LogP contribution is 2.19. The summed E-state index contributed by atoms with van der Waals surface area (Å²) in [6.45, 7) is 0.647. The second-order valence-electron chi connectivity index (χ2n) is 3.88. The molecule has 0 atom stereocenters. The molecule has 1 N–H and O–H groups in total. The largest absolute Gasteiger partial charge is 0.363 e. The first kappa shape index (κ1) is 12.4. The van der Waals surface area contributed by atoms with Gasteiger partial charge in [-0.25, -0.2) is 9.50 Å². The number of fused-ring (bicyclic) bond motifs is 1. The highest BCUT2D eigenvalue weighted by atomic mass is 79.9. The Labute approximate surface area is 122 Å². The minimum atomic E-state index is 0.168. The van der Waals surface area contributed by atoms with Crippen molar-refractivity contribution in [2.45, 2.75) is 6.54 Å². The minimum Gasteiger partial charge on any atom is -0.363 e. The molecule has 0 aliphatic carbocycles. The van der Waals surface area contributed by atoms with E-state index in [1.54, 1.807) is 10.7 Å². The zero-order chi connectivity index (χ0) is 13.2. The zero-order valence-corrected chi connectivity index (χ0v) is 12.1. The van der Waals surface area contributed by atoms with E-state index in [-0.39, 0.29) is 5.28 Å². The number of nitrogens with zero attached hydrogens (tertiary/aromatic N) is 4. The molecule has 1 aromatic carbocycles. The maximum Gasteiger partial charge on any atom is 0.243 e. The number of benzene rings is 1. The van der Waals surface area contributed by atoms with Crippen LogP contribution in [0.3, 0.4) is 0 Å². The first-order valence-corrected chi connectivity index (χ1v) is 6.76. The molecule has 19 heavy (non-hydrogen) atoms. The molecule has 0 aliphatic rings. The first-order valence-electron chi connectivity index (χ1n) is 5.58. The van der Waals surface area contributed by atoms with Crippen molar-refractivity contribution < 1.29 is 0 Å². The molecule has 0 saturated carbocycles. The molecule has 5 nitrogen and oxygen atoms in total. The summed E-state index contributed by atoms with van der Waals surface area (Å²) in [6, 6.07) is 10.0. The molecule has 2 aromatic heterocycles. The van der Waals surface area contributed by atoms with Crippen LogP contribution in [0.2, 0.25) is 5.28 Å². The van der Waals surface area contributed by atoms with Gasteiger partial charge in [0, 0.05) is 6.54 Å². The number of aromatic nitrogens is 4. The average Bonchev–Trinajstić information content (AvgIpc) is 2.79. The summed E-state index contributed by atoms with van der Waals surface area (Å²) in [5.74, 6) is 0.606. The fourth-order valence-electron chi connectivity index (χ4n) is 1.73. The predicted octanol–water partition coefficient (Wildman–Crippen LogP) is 3.15. The molecule has 0 fully saturated rings. The molecule has 96 valence electrons. The van der Waals surface area contributed by atoms with E-state index in [1.807, 2.05) is 30.3 Å². The van der Waals surface area contributed by atoms with E-state index < -0.39 is 0 Å². The van der Waals surface area contributed by atoms with Gasteiger partial charge < -0.3 is 5.32 Å². The van der Waals surface area contributed by atoms with Crippen molar-refractivity contribution in [1.82, 2.24) is 19.6 Å². The van der Waals surface area contributed by atoms with Gasteiger partial charge in [-0.2, -0.15) is 4.98 Å². The quantitative estimate of drug-likeness (QED) is 0.797. The van der Waals surface area contributed by atoms with E-state index in [9.17, 15) is 0 Å². The van der Waals surface area contributed by atoms with Crippen molar-refractivity contribution >= 4 is 39.0 Å². The molecule has 2 heterocycles. The van der Waals surface area contributed by atoms with Crippen LogP contribution in [0.1, 0.15) is 5.56 Å². The molecular formula is C12H9BrClN5. The summed E-state index contributed by atoms with van der Waals surface area (Å²) in [7, 11) is 0. The Morgan fingerprint density at radius 2 is 2.05 bits per heavy atom. The third kappa shape index (κ3) is 2.54. The summed E-state index contributed by atoms with van der Waals surface area (Å²) >= 11 is 9.26. The minimum absolute atomic E-state index is 0.168. The molecule has 7 heteroatoms. The van der Waals surface area contributed by atoms with Crippen molar-refractivity contribution in [2.75, 3.05) is 5.32 Å². The molecule has 0 bridgehead atoms. The molecule has 3 rings (SSSR count). The van der Waals surface area contributed by atoms with Gasteiger partial charge in [-0.3, -0.25) is 0 Å². The van der Waals surface area contributed by atoms with Crippen LogP contribution in [-0.4, -0.2) is 19.6 Å². The van der Waals surface area contributed by atoms with Crippen molar-refractivity contribution in [3.63, 3.8) is 0 Å². The second kappa shape index (κ2) is 5.14. The monoisotopic (exact) mass is 337 g/mol. The van der Waals surface area contributed by atoms with Crippen LogP contribution in [-0.2, 0) is 6.54 Å². The summed E-state index contributed by atoms with van der Waals surface area (Å²) < 4.78 is 2.33. The van der Waals surface area contributed by atoms with Gasteiger partial charge in [-0.05, 0) is 33.1 Å². The lowest BCUT2D eigenvalue weighted by Crippen LogP contribution is -2.06. The molecule has 0 spiro atoms. The van der Waals surface area contributed by atoms with Crippen LogP contribution in [0.25, 0.3) is 5.65 Å². The van der Waals surface area contributed by atoms with E-state index in [4.69, 9.17) is 11.6 Å². The lowest BCUT2D eigenvalue weighted by atomic mass is 10.2. The SMILES string of the molecule is Clc1nc(NCc2ccccc2)c2ncc(Br)n2n1. The number of anilines is 1. The van der Waals surface area contributed by atoms with E-state index in [0.717, 1.165) is 10.2 Å². The lowest BCUT2D eigenvalue weighted by molar-refractivity contribution is 0.879. The van der Waals surface area contributed by atoms with E-state index in [0.29, 0.717) is 18.0 Å². The van der Waals surface area contributed by atoms with Crippen LogP contribution >= 0.6 is 27.5 Å². The Kier molecular flexibility index (Phi) is 3.35. The van der Waals surface area contributed by atoms with E-state index in [1.165, 1.54) is 0 Å². The molecule has 0 unspecified atom stereocenters. The number of nitrogens with one attached hydrogen (secondary N) is 1. The highest BCUT2D eigenvalue weighted by Gasteiger charge is 2.10. The summed E-state index contributed by atoms with van der Waals surface area (Å²) in [5, 5.41) is 7.46. The average molecular weight is 339 g/mol. The van der Waals surface area contributed by atoms with Crippen LogP contribution in [0.5, 0.6) is 0 Å². The zero-order valence-electron chi connectivity index (χ0n) is 9.72. The lowest BCUT2D eigenvalue weighted by Gasteiger charge is -2.07. The fourth-order valence-corrected chi connectivity index (χ4v) is 2.24. The third-order valence-electron chi connectivity index (χ3n) is 2.60. The van der Waals surface area contributed by atoms with E-state index >= 15 is 0 Å². The standard InChI is InChI=1S/C12H9BrClN5/c13-9-7-16-11-10(17-12(14)18-19(9)11)15-6-8-4-2-1-3-5-8/h1-5,7H,6H2,(H,15,17,18). The van der Waals surface area contributed by atoms with Crippen LogP contribution in [0.4, 0.5) is 5.82 Å². The van der Waals surface area contributed by atoms with Gasteiger partial charge in [0.1, 0.15) is 4.60 Å². The molecule has 0 saturated heterocycles. The van der Waals surface area contributed by atoms with Gasteiger partial charge in [0.2, 0.25) is 5.28 Å². The predicted molar refractivity (Wildman–Crippen MR) is 77.3 cm³/mol. The number of halogens is 2. The molecule has 0 aliphatic heterocycles. The van der Waals surface area contributed by atoms with Crippen LogP contribution < -0.4 is 5.32 Å². The summed E-state index contributed by atoms with van der Waals surface area (Å²) in [4.78, 5) is 8.41. The topological polar surface area (TPSA) is 55.1 Å². The van der Waals surface area contributed by atoms with Gasteiger partial charge in [0.25, 0.3) is 0 Å². The maximum absolute atomic E-state index is 5.90. The van der Waals surface area contributed by atoms with Gasteiger partial charge >= 0.3 is 0 Å². The van der Waals surface area contributed by atoms with Crippen molar-refractivity contribution in [3.8, 4) is 0 Å². The number of hydrogen-bond donors (Lipinski definition) is 1. The normalized spacial score (nSPS) is 10.8. The van der Waals surface area contributed by atoms with Gasteiger partial charge in [-0.1, -0.05) is 30.3 Å². The second-order valence-corrected chi connectivity index (χ2v) is 5.04. The summed E-state index contributed by atoms with van der Waals surface area (Å²) in [5.41, 5.74) is 1.79. The molecule has 0 radical (unpaired) electrons. The van der Waals surface area contributed by atoms with E-state index in [2.05, 4.69) is 36.3 Å². The Morgan fingerprint density at radius 1 is 1.26 bits per heavy atom. The smallest absolute Gasteiger partial charge is 0.243 e. The Morgan fingerprint density at radius 3 is 2.84 bits per heavy atom. The Balaban J connectivity index is 1.92. The number of rotatable bonds is 3. The van der Waals surface area contributed by atoms with Crippen LogP contribution in [0.15, 0.2) is 41.1 Å². The van der Waals surface area contributed by atoms with Crippen LogP contribution in [0, 0.1) is 0 Å². The molecular weight excluding hydrogens is 330 g/mol. The van der Waals surface area contributed by atoms with Crippen molar-refractivity contribution in [3.05, 3.63) is 52.0 Å². The van der Waals surface area contributed by atoms with Crippen molar-refractivity contribution in [1.29, 1.82) is 0 Å². The van der Waals surface area contributed by atoms with Crippen molar-refractivity contribution in [2.24, 2.45) is 0 Å². The number of imidazole rings is 1. The summed E-state index contributed by atoms with van der Waals surface area (Å²) in [6.07, 6.45) is 1.66. The van der Waals surface area contributed by atoms with Gasteiger partial charge in [0.15, 0.2) is 11.5 Å².